The Balaban J connectivity index is 1.36. The average molecular weight is 416 g/mol. The summed E-state index contributed by atoms with van der Waals surface area (Å²) in [6, 6.07) is 11.6. The number of benzene rings is 2. The number of aryl methyl sites for hydroxylation is 2. The van der Waals surface area contributed by atoms with Gasteiger partial charge >= 0.3 is 0 Å². The van der Waals surface area contributed by atoms with Crippen LogP contribution in [0.15, 0.2) is 42.5 Å². The molecule has 1 saturated heterocycles. The van der Waals surface area contributed by atoms with Gasteiger partial charge in [0.2, 0.25) is 0 Å². The number of amides is 1. The zero-order chi connectivity index (χ0) is 21.5. The topological polar surface area (TPSA) is 62.2 Å². The molecule has 1 N–H and O–H groups in total. The molecule has 2 aromatic carbocycles. The van der Waals surface area contributed by atoms with Gasteiger partial charge in [0.05, 0.1) is 0 Å². The Hall–Kier alpha value is -2.64. The molecule has 1 aliphatic rings. The van der Waals surface area contributed by atoms with Crippen LogP contribution in [0.25, 0.3) is 0 Å². The average Bonchev–Trinajstić information content (AvgIpc) is 2.71. The fourth-order valence-corrected chi connectivity index (χ4v) is 3.51. The van der Waals surface area contributed by atoms with Crippen molar-refractivity contribution in [3.8, 4) is 11.5 Å². The van der Waals surface area contributed by atoms with Gasteiger partial charge in [-0.15, -0.1) is 0 Å². The first-order valence-corrected chi connectivity index (χ1v) is 10.2. The minimum absolute atomic E-state index is 0.0714. The molecule has 3 rings (SSSR count). The second-order valence-corrected chi connectivity index (χ2v) is 7.71. The summed E-state index contributed by atoms with van der Waals surface area (Å²) in [5.74, 6) is 0.794. The molecule has 2 aromatic rings. The highest BCUT2D eigenvalue weighted by Gasteiger charge is 2.23. The van der Waals surface area contributed by atoms with Crippen molar-refractivity contribution in [1.82, 2.24) is 9.80 Å². The van der Waals surface area contributed by atoms with Crippen molar-refractivity contribution in [2.75, 3.05) is 45.9 Å². The van der Waals surface area contributed by atoms with Crippen LogP contribution in [0.3, 0.4) is 0 Å². The molecule has 1 amide bonds. The molecule has 7 heteroatoms. The first-order chi connectivity index (χ1) is 14.4. The second-order valence-electron chi connectivity index (χ2n) is 7.71. The van der Waals surface area contributed by atoms with Gasteiger partial charge in [-0.1, -0.05) is 6.07 Å². The minimum atomic E-state index is -0.602. The van der Waals surface area contributed by atoms with E-state index in [0.29, 0.717) is 38.5 Å². The van der Waals surface area contributed by atoms with E-state index < -0.39 is 6.10 Å². The fourth-order valence-electron chi connectivity index (χ4n) is 3.51. The number of aliphatic hydroxyl groups excluding tert-OH is 1. The van der Waals surface area contributed by atoms with Crippen molar-refractivity contribution < 1.29 is 23.8 Å². The monoisotopic (exact) mass is 416 g/mol. The molecule has 1 fully saturated rings. The number of rotatable bonds is 8. The van der Waals surface area contributed by atoms with Gasteiger partial charge < -0.3 is 19.5 Å². The lowest BCUT2D eigenvalue weighted by atomic mass is 10.1. The number of ether oxygens (including phenoxy) is 2. The Morgan fingerprint density at radius 2 is 1.63 bits per heavy atom. The molecule has 1 aliphatic heterocycles. The van der Waals surface area contributed by atoms with Gasteiger partial charge in [-0.3, -0.25) is 9.69 Å². The number of halogens is 1. The minimum Gasteiger partial charge on any atom is -0.491 e. The van der Waals surface area contributed by atoms with Gasteiger partial charge in [-0.2, -0.15) is 0 Å². The Morgan fingerprint density at radius 3 is 2.27 bits per heavy atom. The fraction of sp³-hybridized carbons (Fsp3) is 0.435. The largest absolute Gasteiger partial charge is 0.491 e. The molecule has 1 unspecified atom stereocenters. The Morgan fingerprint density at radius 1 is 1.00 bits per heavy atom. The van der Waals surface area contributed by atoms with E-state index in [4.69, 9.17) is 9.47 Å². The quantitative estimate of drug-likeness (QED) is 0.716. The highest BCUT2D eigenvalue weighted by Crippen LogP contribution is 2.16. The maximum Gasteiger partial charge on any atom is 0.260 e. The number of aliphatic hydroxyl groups is 1. The molecule has 6 nitrogen and oxygen atoms in total. The second kappa shape index (κ2) is 10.4. The van der Waals surface area contributed by atoms with E-state index in [9.17, 15) is 14.3 Å². The molecule has 0 aromatic heterocycles. The molecular formula is C23H29FN2O4. The first-order valence-electron chi connectivity index (χ1n) is 10.2. The zero-order valence-corrected chi connectivity index (χ0v) is 17.5. The van der Waals surface area contributed by atoms with Gasteiger partial charge in [0.1, 0.15) is 30.0 Å². The van der Waals surface area contributed by atoms with E-state index in [0.717, 1.165) is 16.9 Å². The van der Waals surface area contributed by atoms with Crippen molar-refractivity contribution in [2.24, 2.45) is 0 Å². The third-order valence-electron chi connectivity index (χ3n) is 5.01. The molecule has 0 bridgehead atoms. The summed E-state index contributed by atoms with van der Waals surface area (Å²) < 4.78 is 24.1. The van der Waals surface area contributed by atoms with E-state index in [1.807, 2.05) is 26.0 Å². The van der Waals surface area contributed by atoms with Crippen molar-refractivity contribution in [3.63, 3.8) is 0 Å². The van der Waals surface area contributed by atoms with E-state index in [2.05, 4.69) is 11.0 Å². The van der Waals surface area contributed by atoms with Crippen molar-refractivity contribution in [2.45, 2.75) is 20.0 Å². The molecule has 162 valence electrons. The summed E-state index contributed by atoms with van der Waals surface area (Å²) in [6.07, 6.45) is -0.602. The molecular weight excluding hydrogens is 387 g/mol. The predicted molar refractivity (Wildman–Crippen MR) is 112 cm³/mol. The van der Waals surface area contributed by atoms with Crippen LogP contribution >= 0.6 is 0 Å². The lowest BCUT2D eigenvalue weighted by Gasteiger charge is -2.35. The molecule has 1 atom stereocenters. The van der Waals surface area contributed by atoms with Gasteiger partial charge in [-0.25, -0.2) is 4.39 Å². The summed E-state index contributed by atoms with van der Waals surface area (Å²) in [4.78, 5) is 16.2. The SMILES string of the molecule is Cc1cc(C)cc(OCC(O)CN2CCN(C(=O)COc3ccc(F)cc3)CC2)c1. The van der Waals surface area contributed by atoms with Gasteiger partial charge in [-0.05, 0) is 61.4 Å². The van der Waals surface area contributed by atoms with Crippen LogP contribution in [-0.4, -0.2) is 72.9 Å². The molecule has 0 saturated carbocycles. The van der Waals surface area contributed by atoms with Crippen LogP contribution in [0, 0.1) is 19.7 Å². The molecule has 0 spiro atoms. The third-order valence-corrected chi connectivity index (χ3v) is 5.01. The smallest absolute Gasteiger partial charge is 0.260 e. The molecule has 1 heterocycles. The summed E-state index contributed by atoms with van der Waals surface area (Å²) in [5, 5.41) is 10.3. The first kappa shape index (κ1) is 22.1. The predicted octanol–water partition coefficient (Wildman–Crippen LogP) is 2.41. The van der Waals surface area contributed by atoms with E-state index >= 15 is 0 Å². The normalized spacial score (nSPS) is 15.7. The lowest BCUT2D eigenvalue weighted by Crippen LogP contribution is -2.51. The number of carbonyl (C=O) groups excluding carboxylic acids is 1. The summed E-state index contributed by atoms with van der Waals surface area (Å²) in [5.41, 5.74) is 2.26. The van der Waals surface area contributed by atoms with Crippen molar-refractivity contribution >= 4 is 5.91 Å². The molecule has 0 radical (unpaired) electrons. The zero-order valence-electron chi connectivity index (χ0n) is 17.5. The summed E-state index contributed by atoms with van der Waals surface area (Å²) >= 11 is 0. The van der Waals surface area contributed by atoms with E-state index in [1.165, 1.54) is 24.3 Å². The lowest BCUT2D eigenvalue weighted by molar-refractivity contribution is -0.135. The third kappa shape index (κ3) is 6.71. The van der Waals surface area contributed by atoms with E-state index in [1.54, 1.807) is 4.90 Å². The standard InChI is InChI=1S/C23H29FN2O4/c1-17-11-18(2)13-22(12-17)29-15-20(27)14-25-7-9-26(10-8-25)23(28)16-30-21-5-3-19(24)4-6-21/h3-6,11-13,20,27H,7-10,14-16H2,1-2H3. The molecule has 30 heavy (non-hydrogen) atoms. The molecule has 0 aliphatic carbocycles. The summed E-state index contributed by atoms with van der Waals surface area (Å²) in [6.45, 7) is 7.21. The van der Waals surface area contributed by atoms with Gasteiger partial charge in [0.25, 0.3) is 5.91 Å². The highest BCUT2D eigenvalue weighted by molar-refractivity contribution is 5.77. The Kier molecular flexibility index (Phi) is 7.65. The number of β-amino-alcohol motifs (C(OH)–C–C–N with tert-alkyl or cyclic N) is 1. The van der Waals surface area contributed by atoms with Crippen LogP contribution in [0.1, 0.15) is 11.1 Å². The highest BCUT2D eigenvalue weighted by atomic mass is 19.1. The Labute approximate surface area is 176 Å². The van der Waals surface area contributed by atoms with Crippen LogP contribution in [-0.2, 0) is 4.79 Å². The van der Waals surface area contributed by atoms with Crippen LogP contribution in [0.5, 0.6) is 11.5 Å². The number of nitrogens with zero attached hydrogens (tertiary/aromatic N) is 2. The Bertz CT molecular complexity index is 815. The number of carbonyl (C=O) groups is 1. The number of piperazine rings is 1. The van der Waals surface area contributed by atoms with Crippen molar-refractivity contribution in [1.29, 1.82) is 0 Å². The maximum absolute atomic E-state index is 12.9. The maximum atomic E-state index is 12.9. The number of hydrogen-bond donors (Lipinski definition) is 1. The summed E-state index contributed by atoms with van der Waals surface area (Å²) in [7, 11) is 0. The van der Waals surface area contributed by atoms with Crippen molar-refractivity contribution in [3.05, 3.63) is 59.4 Å². The van der Waals surface area contributed by atoms with Gasteiger partial charge in [0, 0.05) is 32.7 Å². The van der Waals surface area contributed by atoms with Crippen LogP contribution < -0.4 is 9.47 Å². The van der Waals surface area contributed by atoms with Gasteiger partial charge in [0.15, 0.2) is 6.61 Å². The van der Waals surface area contributed by atoms with Crippen LogP contribution in [0.4, 0.5) is 4.39 Å². The van der Waals surface area contributed by atoms with E-state index in [-0.39, 0.29) is 24.9 Å². The number of hydrogen-bond acceptors (Lipinski definition) is 5. The van der Waals surface area contributed by atoms with Crippen LogP contribution in [0.2, 0.25) is 0 Å².